The molecular weight excluding hydrogens is 336 g/mol. The van der Waals surface area contributed by atoms with Gasteiger partial charge in [0.15, 0.2) is 5.78 Å². The molecule has 1 aliphatic heterocycles. The molecule has 10 atom stereocenters. The maximum atomic E-state index is 12.2. The molecule has 6 aliphatic carbocycles. The first kappa shape index (κ1) is 15.8. The van der Waals surface area contributed by atoms with E-state index >= 15 is 0 Å². The minimum absolute atomic E-state index is 0.0561. The number of carbonyl (C=O) groups excluding carboxylic acids is 2. The fraction of sp³-hybridized carbons (Fsp3) is 0.833. The predicted octanol–water partition coefficient (Wildman–Crippen LogP) is 4.31. The maximum absolute atomic E-state index is 12.2. The molecule has 3 unspecified atom stereocenters. The largest absolute Gasteiger partial charge is 0.458 e. The molecule has 0 N–H and O–H groups in total. The van der Waals surface area contributed by atoms with Crippen LogP contribution in [0, 0.1) is 52.3 Å². The van der Waals surface area contributed by atoms with E-state index in [1.165, 1.54) is 31.3 Å². The lowest BCUT2D eigenvalue weighted by molar-refractivity contribution is -0.177. The van der Waals surface area contributed by atoms with Crippen LogP contribution < -0.4 is 0 Å². The van der Waals surface area contributed by atoms with Crippen molar-refractivity contribution in [3.63, 3.8) is 0 Å². The van der Waals surface area contributed by atoms with Crippen molar-refractivity contribution in [1.82, 2.24) is 0 Å². The molecule has 7 aliphatic rings. The summed E-state index contributed by atoms with van der Waals surface area (Å²) in [6.07, 6.45) is 10.6. The normalized spacial score (nSPS) is 62.0. The minimum Gasteiger partial charge on any atom is -0.458 e. The summed E-state index contributed by atoms with van der Waals surface area (Å²) < 4.78 is 6.22. The molecule has 0 aromatic heterocycles. The topological polar surface area (TPSA) is 43.4 Å². The fourth-order valence-electron chi connectivity index (χ4n) is 9.74. The molecule has 3 heteroatoms. The molecular formula is C24H30O3. The molecule has 27 heavy (non-hydrogen) atoms. The summed E-state index contributed by atoms with van der Waals surface area (Å²) in [6.45, 7) is 4.99. The SMILES string of the molecule is C[C@]12CCC(=O)C=C1[C@@H]1C[C@@H]1C1C2CC[C@@]2(C)C1[C@@H]1C[C@@H]1[C@]21CCC(=O)O1. The summed E-state index contributed by atoms with van der Waals surface area (Å²) in [5.41, 5.74) is 1.85. The molecule has 5 saturated carbocycles. The predicted molar refractivity (Wildman–Crippen MR) is 99.5 cm³/mol. The lowest BCUT2D eigenvalue weighted by atomic mass is 9.45. The Hall–Kier alpha value is -1.12. The molecule has 3 nitrogen and oxygen atoms in total. The van der Waals surface area contributed by atoms with E-state index in [2.05, 4.69) is 19.9 Å². The highest BCUT2D eigenvalue weighted by atomic mass is 16.6. The second-order valence-electron chi connectivity index (χ2n) is 11.5. The Morgan fingerprint density at radius 3 is 2.63 bits per heavy atom. The van der Waals surface area contributed by atoms with E-state index in [1.54, 1.807) is 0 Å². The third kappa shape index (κ3) is 1.58. The minimum atomic E-state index is -0.131. The van der Waals surface area contributed by atoms with Crippen LogP contribution in [-0.2, 0) is 14.3 Å². The fourth-order valence-corrected chi connectivity index (χ4v) is 9.74. The number of fused-ring (bicyclic) bond motifs is 12. The molecule has 0 amide bonds. The first-order valence-electron chi connectivity index (χ1n) is 11.4. The molecule has 0 aromatic carbocycles. The Morgan fingerprint density at radius 2 is 1.85 bits per heavy atom. The van der Waals surface area contributed by atoms with Crippen LogP contribution in [0.1, 0.15) is 65.2 Å². The van der Waals surface area contributed by atoms with Crippen molar-refractivity contribution in [2.45, 2.75) is 70.8 Å². The van der Waals surface area contributed by atoms with Crippen molar-refractivity contribution >= 4 is 11.8 Å². The first-order chi connectivity index (χ1) is 12.9. The lowest BCUT2D eigenvalue weighted by Crippen LogP contribution is -2.57. The summed E-state index contributed by atoms with van der Waals surface area (Å²) in [7, 11) is 0. The highest BCUT2D eigenvalue weighted by Crippen LogP contribution is 2.82. The molecule has 144 valence electrons. The molecule has 7 rings (SSSR count). The van der Waals surface area contributed by atoms with Gasteiger partial charge >= 0.3 is 5.97 Å². The molecule has 1 saturated heterocycles. The number of hydrogen-bond acceptors (Lipinski definition) is 3. The Morgan fingerprint density at radius 1 is 1.00 bits per heavy atom. The van der Waals surface area contributed by atoms with Gasteiger partial charge in [0.25, 0.3) is 0 Å². The number of hydrogen-bond donors (Lipinski definition) is 0. The van der Waals surface area contributed by atoms with Crippen molar-refractivity contribution < 1.29 is 14.3 Å². The zero-order chi connectivity index (χ0) is 18.3. The van der Waals surface area contributed by atoms with E-state index in [9.17, 15) is 9.59 Å². The van der Waals surface area contributed by atoms with Gasteiger partial charge in [-0.1, -0.05) is 19.4 Å². The van der Waals surface area contributed by atoms with Crippen molar-refractivity contribution in [2.75, 3.05) is 0 Å². The second kappa shape index (κ2) is 4.39. The van der Waals surface area contributed by atoms with E-state index in [4.69, 9.17) is 4.74 Å². The number of ether oxygens (including phenoxy) is 1. The zero-order valence-electron chi connectivity index (χ0n) is 16.5. The van der Waals surface area contributed by atoms with E-state index in [-0.39, 0.29) is 22.4 Å². The Kier molecular flexibility index (Phi) is 2.56. The number of esters is 1. The van der Waals surface area contributed by atoms with Crippen molar-refractivity contribution in [3.05, 3.63) is 11.6 Å². The van der Waals surface area contributed by atoms with Crippen LogP contribution in [0.5, 0.6) is 0 Å². The highest BCUT2D eigenvalue weighted by Gasteiger charge is 2.81. The maximum Gasteiger partial charge on any atom is 0.306 e. The van der Waals surface area contributed by atoms with E-state index in [0.29, 0.717) is 24.0 Å². The van der Waals surface area contributed by atoms with Crippen molar-refractivity contribution in [2.24, 2.45) is 52.3 Å². The molecule has 0 aromatic rings. The smallest absolute Gasteiger partial charge is 0.306 e. The van der Waals surface area contributed by atoms with Gasteiger partial charge in [-0.05, 0) is 85.5 Å². The van der Waals surface area contributed by atoms with Crippen LogP contribution in [0.4, 0.5) is 0 Å². The van der Waals surface area contributed by atoms with Crippen molar-refractivity contribution in [1.29, 1.82) is 0 Å². The summed E-state index contributed by atoms with van der Waals surface area (Å²) in [6, 6.07) is 0. The second-order valence-corrected chi connectivity index (χ2v) is 11.5. The third-order valence-electron chi connectivity index (χ3n) is 10.9. The Labute approximate surface area is 161 Å². The molecule has 1 spiro atoms. The number of ketones is 1. The van der Waals surface area contributed by atoms with E-state index in [1.807, 2.05) is 0 Å². The van der Waals surface area contributed by atoms with Crippen LogP contribution >= 0.6 is 0 Å². The van der Waals surface area contributed by atoms with Gasteiger partial charge in [0, 0.05) is 24.2 Å². The summed E-state index contributed by atoms with van der Waals surface area (Å²) >= 11 is 0. The molecule has 6 fully saturated rings. The summed E-state index contributed by atoms with van der Waals surface area (Å²) in [5, 5.41) is 0. The van der Waals surface area contributed by atoms with Gasteiger partial charge in [-0.3, -0.25) is 9.59 Å². The highest BCUT2D eigenvalue weighted by molar-refractivity contribution is 5.92. The van der Waals surface area contributed by atoms with Gasteiger partial charge < -0.3 is 4.74 Å². The van der Waals surface area contributed by atoms with Gasteiger partial charge in [0.1, 0.15) is 5.60 Å². The Balaban J connectivity index is 1.33. The average molecular weight is 367 g/mol. The summed E-state index contributed by atoms with van der Waals surface area (Å²) in [4.78, 5) is 24.3. The average Bonchev–Trinajstić information content (AvgIpc) is 3.53. The van der Waals surface area contributed by atoms with Gasteiger partial charge in [-0.15, -0.1) is 0 Å². The molecule has 0 radical (unpaired) electrons. The van der Waals surface area contributed by atoms with Gasteiger partial charge in [0.2, 0.25) is 0 Å². The Bertz CT molecular complexity index is 827. The van der Waals surface area contributed by atoms with E-state index < -0.39 is 0 Å². The molecule has 0 bridgehead atoms. The van der Waals surface area contributed by atoms with Gasteiger partial charge in [-0.2, -0.15) is 0 Å². The van der Waals surface area contributed by atoms with Crippen molar-refractivity contribution in [3.8, 4) is 0 Å². The van der Waals surface area contributed by atoms with E-state index in [0.717, 1.165) is 48.9 Å². The van der Waals surface area contributed by atoms with Crippen LogP contribution in [0.3, 0.4) is 0 Å². The standard InChI is InChI=1S/C24H30O3/c1-22-6-3-12(25)9-17(22)13-10-14(13)20-16(22)4-7-23(2)21(20)15-11-18(15)24(23)8-5-19(26)27-24/h9,13-16,18,20-21H,3-8,10-11H2,1-2H3/t13-,14+,15-,16?,18+,20?,21?,22-,23+,24-/m1/s1. The van der Waals surface area contributed by atoms with Gasteiger partial charge in [0.05, 0.1) is 0 Å². The number of allylic oxidation sites excluding steroid dienone is 1. The molecule has 1 heterocycles. The summed E-state index contributed by atoms with van der Waals surface area (Å²) in [5.74, 6) is 5.65. The lowest BCUT2D eigenvalue weighted by Gasteiger charge is -2.60. The number of carbonyl (C=O) groups is 2. The van der Waals surface area contributed by atoms with Crippen LogP contribution in [-0.4, -0.2) is 17.4 Å². The number of rotatable bonds is 0. The van der Waals surface area contributed by atoms with Crippen LogP contribution in [0.2, 0.25) is 0 Å². The third-order valence-corrected chi connectivity index (χ3v) is 10.9. The first-order valence-corrected chi connectivity index (χ1v) is 11.4. The quantitative estimate of drug-likeness (QED) is 0.600. The van der Waals surface area contributed by atoms with Crippen LogP contribution in [0.25, 0.3) is 0 Å². The van der Waals surface area contributed by atoms with Gasteiger partial charge in [-0.25, -0.2) is 0 Å². The zero-order valence-corrected chi connectivity index (χ0v) is 16.5. The van der Waals surface area contributed by atoms with Crippen LogP contribution in [0.15, 0.2) is 11.6 Å². The monoisotopic (exact) mass is 366 g/mol.